The Kier molecular flexibility index (Phi) is 5.79. The van der Waals surface area contributed by atoms with Crippen molar-refractivity contribution in [3.8, 4) is 0 Å². The van der Waals surface area contributed by atoms with Crippen molar-refractivity contribution >= 4 is 6.21 Å². The lowest BCUT2D eigenvalue weighted by atomic mass is 9.77. The Morgan fingerprint density at radius 1 is 0.680 bits per heavy atom. The summed E-state index contributed by atoms with van der Waals surface area (Å²) in [6, 6.07) is 31.8. The minimum Gasteiger partial charge on any atom is -0.276 e. The van der Waals surface area contributed by atoms with E-state index >= 15 is 0 Å². The van der Waals surface area contributed by atoms with Crippen molar-refractivity contribution in [2.75, 3.05) is 0 Å². The zero-order valence-corrected chi connectivity index (χ0v) is 14.8. The average molecular weight is 327 g/mol. The van der Waals surface area contributed by atoms with E-state index in [0.717, 1.165) is 12.8 Å². The van der Waals surface area contributed by atoms with Crippen molar-refractivity contribution in [2.24, 2.45) is 4.99 Å². The SMILES string of the molecule is CCCCC=NC(c1ccccc1)(c1ccccc1)c1ccccc1. The maximum atomic E-state index is 5.18. The standard InChI is InChI=1S/C24H25N/c1-2-3-13-20-25-24(21-14-7-4-8-15-21,22-16-9-5-10-17-22)23-18-11-6-12-19-23/h4-12,14-20H,2-3,13H2,1H3. The lowest BCUT2D eigenvalue weighted by Crippen LogP contribution is -2.27. The van der Waals surface area contributed by atoms with E-state index in [0.29, 0.717) is 0 Å². The van der Waals surface area contributed by atoms with E-state index in [1.807, 2.05) is 0 Å². The van der Waals surface area contributed by atoms with Crippen LogP contribution in [0, 0.1) is 0 Å². The molecular formula is C24H25N. The topological polar surface area (TPSA) is 12.4 Å². The summed E-state index contributed by atoms with van der Waals surface area (Å²) < 4.78 is 0. The summed E-state index contributed by atoms with van der Waals surface area (Å²) in [5.41, 5.74) is 3.08. The van der Waals surface area contributed by atoms with E-state index in [9.17, 15) is 0 Å². The summed E-state index contributed by atoms with van der Waals surface area (Å²) in [5, 5.41) is 0. The second-order valence-electron chi connectivity index (χ2n) is 6.26. The van der Waals surface area contributed by atoms with Crippen LogP contribution in [0.25, 0.3) is 0 Å². The molecule has 25 heavy (non-hydrogen) atoms. The number of nitrogens with zero attached hydrogens (tertiary/aromatic N) is 1. The fourth-order valence-electron chi connectivity index (χ4n) is 3.26. The summed E-state index contributed by atoms with van der Waals surface area (Å²) in [6.07, 6.45) is 5.46. The molecule has 1 heteroatoms. The van der Waals surface area contributed by atoms with Gasteiger partial charge in [-0.15, -0.1) is 0 Å². The monoisotopic (exact) mass is 327 g/mol. The Morgan fingerprint density at radius 3 is 1.44 bits per heavy atom. The first-order chi connectivity index (χ1) is 12.4. The van der Waals surface area contributed by atoms with Gasteiger partial charge >= 0.3 is 0 Å². The Bertz CT molecular complexity index is 679. The lowest BCUT2D eigenvalue weighted by Gasteiger charge is -2.32. The van der Waals surface area contributed by atoms with Gasteiger partial charge in [0.1, 0.15) is 5.54 Å². The fourth-order valence-corrected chi connectivity index (χ4v) is 3.26. The summed E-state index contributed by atoms with van der Waals surface area (Å²) in [7, 11) is 0. The normalized spacial score (nSPS) is 11.7. The van der Waals surface area contributed by atoms with Crippen molar-refractivity contribution in [3.63, 3.8) is 0 Å². The van der Waals surface area contributed by atoms with Gasteiger partial charge in [0, 0.05) is 6.21 Å². The van der Waals surface area contributed by atoms with Crippen LogP contribution in [0.3, 0.4) is 0 Å². The van der Waals surface area contributed by atoms with E-state index in [1.165, 1.54) is 23.1 Å². The van der Waals surface area contributed by atoms with Crippen molar-refractivity contribution in [1.82, 2.24) is 0 Å². The second kappa shape index (κ2) is 8.43. The van der Waals surface area contributed by atoms with Gasteiger partial charge in [0.05, 0.1) is 0 Å². The Hall–Kier alpha value is -2.67. The van der Waals surface area contributed by atoms with Gasteiger partial charge < -0.3 is 0 Å². The first kappa shape index (κ1) is 17.2. The Balaban J connectivity index is 2.22. The van der Waals surface area contributed by atoms with Crippen LogP contribution in [0.15, 0.2) is 96.0 Å². The number of unbranched alkanes of at least 4 members (excludes halogenated alkanes) is 2. The molecule has 0 amide bonds. The molecule has 0 radical (unpaired) electrons. The summed E-state index contributed by atoms with van der Waals surface area (Å²) in [4.78, 5) is 5.18. The third-order valence-corrected chi connectivity index (χ3v) is 4.55. The predicted molar refractivity (Wildman–Crippen MR) is 107 cm³/mol. The zero-order chi connectivity index (χ0) is 17.4. The first-order valence-corrected chi connectivity index (χ1v) is 9.08. The molecule has 126 valence electrons. The van der Waals surface area contributed by atoms with Crippen LogP contribution in [0.2, 0.25) is 0 Å². The number of rotatable bonds is 7. The smallest absolute Gasteiger partial charge is 0.135 e. The molecule has 3 aromatic carbocycles. The highest BCUT2D eigenvalue weighted by molar-refractivity contribution is 5.62. The Labute approximate surface area is 151 Å². The molecule has 0 heterocycles. The van der Waals surface area contributed by atoms with Gasteiger partial charge in [0.15, 0.2) is 0 Å². The van der Waals surface area contributed by atoms with E-state index < -0.39 is 5.54 Å². The number of aliphatic imine (C=N–C) groups is 1. The molecule has 0 unspecified atom stereocenters. The van der Waals surface area contributed by atoms with E-state index in [2.05, 4.69) is 104 Å². The molecule has 0 aliphatic rings. The van der Waals surface area contributed by atoms with E-state index in [4.69, 9.17) is 4.99 Å². The van der Waals surface area contributed by atoms with Gasteiger partial charge in [-0.2, -0.15) is 0 Å². The maximum Gasteiger partial charge on any atom is 0.135 e. The minimum atomic E-state index is -0.502. The molecule has 0 aromatic heterocycles. The molecule has 0 aliphatic heterocycles. The fraction of sp³-hybridized carbons (Fsp3) is 0.208. The van der Waals surface area contributed by atoms with Crippen LogP contribution < -0.4 is 0 Å². The third kappa shape index (κ3) is 3.71. The summed E-state index contributed by atoms with van der Waals surface area (Å²) in [6.45, 7) is 2.21. The minimum absolute atomic E-state index is 0.502. The van der Waals surface area contributed by atoms with Gasteiger partial charge in [0.25, 0.3) is 0 Å². The maximum absolute atomic E-state index is 5.18. The highest BCUT2D eigenvalue weighted by atomic mass is 14.9. The second-order valence-corrected chi connectivity index (χ2v) is 6.26. The van der Waals surface area contributed by atoms with E-state index in [-0.39, 0.29) is 0 Å². The summed E-state index contributed by atoms with van der Waals surface area (Å²) >= 11 is 0. The molecule has 0 aliphatic carbocycles. The lowest BCUT2D eigenvalue weighted by molar-refractivity contribution is 0.655. The highest BCUT2D eigenvalue weighted by Crippen LogP contribution is 2.40. The molecule has 0 spiro atoms. The number of benzene rings is 3. The van der Waals surface area contributed by atoms with Crippen molar-refractivity contribution in [3.05, 3.63) is 108 Å². The molecule has 0 atom stereocenters. The van der Waals surface area contributed by atoms with Crippen molar-refractivity contribution < 1.29 is 0 Å². The zero-order valence-electron chi connectivity index (χ0n) is 14.8. The van der Waals surface area contributed by atoms with Gasteiger partial charge in [-0.05, 0) is 29.5 Å². The predicted octanol–water partition coefficient (Wildman–Crippen LogP) is 6.24. The van der Waals surface area contributed by atoms with Crippen LogP contribution in [0.4, 0.5) is 0 Å². The van der Waals surface area contributed by atoms with Crippen LogP contribution in [0.1, 0.15) is 42.9 Å². The number of hydrogen-bond acceptors (Lipinski definition) is 1. The van der Waals surface area contributed by atoms with E-state index in [1.54, 1.807) is 0 Å². The van der Waals surface area contributed by atoms with Crippen molar-refractivity contribution in [1.29, 1.82) is 0 Å². The molecular weight excluding hydrogens is 302 g/mol. The molecule has 0 saturated heterocycles. The average Bonchev–Trinajstić information content (AvgIpc) is 2.70. The summed E-state index contributed by atoms with van der Waals surface area (Å²) in [5.74, 6) is 0. The van der Waals surface area contributed by atoms with Crippen LogP contribution in [-0.2, 0) is 5.54 Å². The molecule has 3 rings (SSSR count). The molecule has 0 fully saturated rings. The van der Waals surface area contributed by atoms with Crippen LogP contribution in [-0.4, -0.2) is 6.21 Å². The van der Waals surface area contributed by atoms with Crippen LogP contribution >= 0.6 is 0 Å². The molecule has 0 N–H and O–H groups in total. The third-order valence-electron chi connectivity index (χ3n) is 4.55. The van der Waals surface area contributed by atoms with Gasteiger partial charge in [-0.3, -0.25) is 4.99 Å². The van der Waals surface area contributed by atoms with Gasteiger partial charge in [0.2, 0.25) is 0 Å². The molecule has 0 bridgehead atoms. The largest absolute Gasteiger partial charge is 0.276 e. The molecule has 1 nitrogen and oxygen atoms in total. The number of hydrogen-bond donors (Lipinski definition) is 0. The highest BCUT2D eigenvalue weighted by Gasteiger charge is 2.35. The molecule has 3 aromatic rings. The van der Waals surface area contributed by atoms with Gasteiger partial charge in [-0.1, -0.05) is 104 Å². The van der Waals surface area contributed by atoms with Crippen molar-refractivity contribution in [2.45, 2.75) is 31.7 Å². The first-order valence-electron chi connectivity index (χ1n) is 9.08. The quantitative estimate of drug-likeness (QED) is 0.277. The van der Waals surface area contributed by atoms with Gasteiger partial charge in [-0.25, -0.2) is 0 Å². The molecule has 0 saturated carbocycles. The van der Waals surface area contributed by atoms with Crippen LogP contribution in [0.5, 0.6) is 0 Å². The Morgan fingerprint density at radius 2 is 1.08 bits per heavy atom.